The van der Waals surface area contributed by atoms with Gasteiger partial charge in [0.05, 0.1) is 11.8 Å². The van der Waals surface area contributed by atoms with Crippen molar-refractivity contribution < 1.29 is 18.0 Å². The number of nitrogens with one attached hydrogen (secondary N) is 2. The van der Waals surface area contributed by atoms with Crippen LogP contribution in [0.2, 0.25) is 5.02 Å². The summed E-state index contributed by atoms with van der Waals surface area (Å²) in [6, 6.07) is 7.33. The monoisotopic (exact) mass is 548 g/mol. The van der Waals surface area contributed by atoms with Crippen molar-refractivity contribution in [3.8, 4) is 0 Å². The van der Waals surface area contributed by atoms with Crippen molar-refractivity contribution in [3.05, 3.63) is 59.0 Å². The molecule has 2 N–H and O–H groups in total. The number of alkyl halides is 3. The minimum absolute atomic E-state index is 0.0310. The second-order valence-corrected chi connectivity index (χ2v) is 11.1. The number of hydrogen-bond donors (Lipinski definition) is 2. The Balaban J connectivity index is 1.42. The SMILES string of the molecule is C=C1C[C@@H](C(F)(F)F)c2c(ncnc2N2CC3CCC(C2)N3C(=O)[C@H](CNC(C)C)c2ccc(Cl)cc2)N1. The van der Waals surface area contributed by atoms with Crippen molar-refractivity contribution in [1.82, 2.24) is 20.2 Å². The summed E-state index contributed by atoms with van der Waals surface area (Å²) in [5.74, 6) is -1.64. The van der Waals surface area contributed by atoms with E-state index in [9.17, 15) is 18.0 Å². The number of allylic oxidation sites excluding steroid dienone is 1. The Kier molecular flexibility index (Phi) is 7.30. The molecule has 0 aliphatic carbocycles. The molecule has 3 aliphatic rings. The van der Waals surface area contributed by atoms with E-state index in [1.54, 1.807) is 12.1 Å². The van der Waals surface area contributed by atoms with E-state index < -0.39 is 12.1 Å². The molecule has 2 bridgehead atoms. The van der Waals surface area contributed by atoms with E-state index in [0.717, 1.165) is 18.4 Å². The molecule has 5 rings (SSSR count). The number of benzene rings is 1. The van der Waals surface area contributed by atoms with Crippen LogP contribution in [-0.2, 0) is 4.79 Å². The fourth-order valence-corrected chi connectivity index (χ4v) is 6.04. The molecule has 2 fully saturated rings. The molecule has 0 saturated carbocycles. The van der Waals surface area contributed by atoms with E-state index in [0.29, 0.717) is 24.7 Å². The predicted octanol–water partition coefficient (Wildman–Crippen LogP) is 5.07. The number of hydrogen-bond acceptors (Lipinski definition) is 6. The highest BCUT2D eigenvalue weighted by atomic mass is 35.5. The summed E-state index contributed by atoms with van der Waals surface area (Å²) in [6.45, 7) is 9.11. The van der Waals surface area contributed by atoms with E-state index in [1.807, 2.05) is 35.8 Å². The van der Waals surface area contributed by atoms with Crippen LogP contribution in [0.3, 0.4) is 0 Å². The van der Waals surface area contributed by atoms with Gasteiger partial charge in [-0.1, -0.05) is 44.2 Å². The third kappa shape index (κ3) is 5.20. The van der Waals surface area contributed by atoms with Gasteiger partial charge in [-0.15, -0.1) is 0 Å². The number of amides is 1. The summed E-state index contributed by atoms with van der Waals surface area (Å²) in [6.07, 6.45) is -1.83. The van der Waals surface area contributed by atoms with Crippen LogP contribution in [0.5, 0.6) is 0 Å². The molecule has 3 aliphatic heterocycles. The summed E-state index contributed by atoms with van der Waals surface area (Å²) >= 11 is 6.09. The summed E-state index contributed by atoms with van der Waals surface area (Å²) in [5.41, 5.74) is 1.23. The topological polar surface area (TPSA) is 73.4 Å². The van der Waals surface area contributed by atoms with Gasteiger partial charge in [-0.25, -0.2) is 9.97 Å². The van der Waals surface area contributed by atoms with Crippen molar-refractivity contribution in [3.63, 3.8) is 0 Å². The highest BCUT2D eigenvalue weighted by molar-refractivity contribution is 6.30. The maximum Gasteiger partial charge on any atom is 0.396 e. The molecule has 0 spiro atoms. The Morgan fingerprint density at radius 3 is 2.45 bits per heavy atom. The maximum absolute atomic E-state index is 14.1. The molecule has 38 heavy (non-hydrogen) atoms. The van der Waals surface area contributed by atoms with E-state index in [1.165, 1.54) is 6.33 Å². The number of aromatic nitrogens is 2. The molecule has 2 aromatic rings. The van der Waals surface area contributed by atoms with Gasteiger partial charge in [-0.05, 0) is 30.5 Å². The molecule has 7 nitrogen and oxygen atoms in total. The lowest BCUT2D eigenvalue weighted by atomic mass is 9.90. The van der Waals surface area contributed by atoms with Gasteiger partial charge in [0.2, 0.25) is 5.91 Å². The van der Waals surface area contributed by atoms with Crippen LogP contribution in [0.25, 0.3) is 0 Å². The molecule has 0 radical (unpaired) electrons. The molecule has 2 saturated heterocycles. The Labute approximate surface area is 225 Å². The molecule has 204 valence electrons. The maximum atomic E-state index is 14.1. The highest BCUT2D eigenvalue weighted by Gasteiger charge is 2.49. The van der Waals surface area contributed by atoms with E-state index >= 15 is 0 Å². The van der Waals surface area contributed by atoms with Gasteiger partial charge < -0.3 is 20.4 Å². The van der Waals surface area contributed by atoms with Crippen molar-refractivity contribution >= 4 is 29.1 Å². The number of carbonyl (C=O) groups is 1. The molecule has 1 amide bonds. The summed E-state index contributed by atoms with van der Waals surface area (Å²) < 4.78 is 42.2. The Morgan fingerprint density at radius 2 is 1.84 bits per heavy atom. The quantitative estimate of drug-likeness (QED) is 0.525. The first-order chi connectivity index (χ1) is 18.0. The molecule has 11 heteroatoms. The van der Waals surface area contributed by atoms with Crippen LogP contribution in [0.4, 0.5) is 24.8 Å². The minimum Gasteiger partial charge on any atom is -0.352 e. The van der Waals surface area contributed by atoms with Crippen LogP contribution in [0.1, 0.15) is 56.1 Å². The van der Waals surface area contributed by atoms with Crippen molar-refractivity contribution in [2.75, 3.05) is 29.9 Å². The predicted molar refractivity (Wildman–Crippen MR) is 141 cm³/mol. The van der Waals surface area contributed by atoms with Gasteiger partial charge >= 0.3 is 6.18 Å². The van der Waals surface area contributed by atoms with E-state index in [2.05, 4.69) is 27.2 Å². The van der Waals surface area contributed by atoms with E-state index in [-0.39, 0.29) is 59.3 Å². The number of piperazine rings is 1. The highest BCUT2D eigenvalue weighted by Crippen LogP contribution is 2.48. The minimum atomic E-state index is -4.45. The lowest BCUT2D eigenvalue weighted by Crippen LogP contribution is -2.58. The van der Waals surface area contributed by atoms with Crippen LogP contribution in [-0.4, -0.2) is 64.7 Å². The first kappa shape index (κ1) is 26.7. The fourth-order valence-electron chi connectivity index (χ4n) is 5.92. The van der Waals surface area contributed by atoms with Gasteiger partial charge in [0.1, 0.15) is 18.0 Å². The van der Waals surface area contributed by atoms with E-state index in [4.69, 9.17) is 11.6 Å². The van der Waals surface area contributed by atoms with Crippen LogP contribution in [0.15, 0.2) is 42.9 Å². The summed E-state index contributed by atoms with van der Waals surface area (Å²) in [5, 5.41) is 6.91. The molecular formula is C27H32ClF3N6O. The standard InChI is InChI=1S/C27H32ClF3N6O/c1-15(2)32-11-21(17-4-6-18(28)7-5-17)26(38)37-19-8-9-20(37)13-36(12-19)25-23-22(27(29,30)31)10-16(3)35-24(23)33-14-34-25/h4-7,14-15,19-22,32H,3,8-13H2,1-2H3,(H,33,34,35)/t19?,20?,21-,22-/m1/s1. The van der Waals surface area contributed by atoms with Gasteiger partial charge in [0.15, 0.2) is 0 Å². The zero-order valence-electron chi connectivity index (χ0n) is 21.4. The summed E-state index contributed by atoms with van der Waals surface area (Å²) in [4.78, 5) is 26.3. The van der Waals surface area contributed by atoms with Gasteiger partial charge in [-0.3, -0.25) is 4.79 Å². The third-order valence-corrected chi connectivity index (χ3v) is 7.94. The Bertz CT molecular complexity index is 1190. The first-order valence-corrected chi connectivity index (χ1v) is 13.3. The number of fused-ring (bicyclic) bond motifs is 3. The molecular weight excluding hydrogens is 517 g/mol. The zero-order valence-corrected chi connectivity index (χ0v) is 22.2. The molecule has 4 atom stereocenters. The molecule has 1 aromatic carbocycles. The largest absolute Gasteiger partial charge is 0.396 e. The fraction of sp³-hybridized carbons (Fsp3) is 0.519. The van der Waals surface area contributed by atoms with Gasteiger partial charge in [0.25, 0.3) is 0 Å². The normalized spacial score (nSPS) is 23.9. The number of nitrogens with zero attached hydrogens (tertiary/aromatic N) is 4. The molecule has 4 heterocycles. The Hall–Kier alpha value is -2.85. The lowest BCUT2D eigenvalue weighted by molar-refractivity contribution is -0.150. The number of anilines is 2. The average Bonchev–Trinajstić information content (AvgIpc) is 3.12. The third-order valence-electron chi connectivity index (χ3n) is 7.69. The average molecular weight is 549 g/mol. The van der Waals surface area contributed by atoms with Crippen LogP contribution >= 0.6 is 11.6 Å². The van der Waals surface area contributed by atoms with Crippen molar-refractivity contribution in [1.29, 1.82) is 0 Å². The van der Waals surface area contributed by atoms with Crippen molar-refractivity contribution in [2.45, 2.75) is 69.2 Å². The first-order valence-electron chi connectivity index (χ1n) is 12.9. The van der Waals surface area contributed by atoms with Crippen LogP contribution < -0.4 is 15.5 Å². The smallest absolute Gasteiger partial charge is 0.352 e. The second-order valence-electron chi connectivity index (χ2n) is 10.7. The van der Waals surface area contributed by atoms with Crippen molar-refractivity contribution in [2.24, 2.45) is 0 Å². The van der Waals surface area contributed by atoms with Crippen LogP contribution in [0, 0.1) is 0 Å². The molecule has 1 aromatic heterocycles. The summed E-state index contributed by atoms with van der Waals surface area (Å²) in [7, 11) is 0. The van der Waals surface area contributed by atoms with Gasteiger partial charge in [-0.2, -0.15) is 13.2 Å². The van der Waals surface area contributed by atoms with Gasteiger partial charge in [0, 0.05) is 60.5 Å². The number of carbonyl (C=O) groups excluding carboxylic acids is 1. The second kappa shape index (κ2) is 10.4. The number of halogens is 4. The molecule has 2 unspecified atom stereocenters. The lowest BCUT2D eigenvalue weighted by Gasteiger charge is -2.44. The number of rotatable bonds is 6. The Morgan fingerprint density at radius 1 is 1.18 bits per heavy atom. The zero-order chi connectivity index (χ0) is 27.2.